The number of benzene rings is 1. The second-order valence-electron chi connectivity index (χ2n) is 7.06. The van der Waals surface area contributed by atoms with Gasteiger partial charge in [-0.05, 0) is 29.7 Å². The molecular formula is C18H21FN6O3S. The quantitative estimate of drug-likeness (QED) is 0.568. The summed E-state index contributed by atoms with van der Waals surface area (Å²) < 4.78 is 46.3. The summed E-state index contributed by atoms with van der Waals surface area (Å²) in [5, 5.41) is 0. The summed E-state index contributed by atoms with van der Waals surface area (Å²) in [4.78, 5) is 11.9. The Morgan fingerprint density at radius 3 is 2.86 bits per heavy atom. The molecule has 3 N–H and O–H groups in total. The molecule has 0 atom stereocenters. The lowest BCUT2D eigenvalue weighted by atomic mass is 10.0. The van der Waals surface area contributed by atoms with Crippen molar-refractivity contribution in [2.24, 2.45) is 0 Å². The van der Waals surface area contributed by atoms with Crippen LogP contribution in [0.2, 0.25) is 0 Å². The third kappa shape index (κ3) is 4.01. The number of hydrogen-bond donors (Lipinski definition) is 2. The SMILES string of the molecule is Cc1cc2c(cc1Cc1nc3c(N)nc(F)nc3n1CCNS(C)(=O)=O)OCC2. The van der Waals surface area contributed by atoms with Crippen molar-refractivity contribution in [2.75, 3.05) is 25.1 Å². The van der Waals surface area contributed by atoms with Gasteiger partial charge >= 0.3 is 6.08 Å². The van der Waals surface area contributed by atoms with Crippen LogP contribution in [0.3, 0.4) is 0 Å². The number of rotatable bonds is 6. The average Bonchev–Trinajstić information content (AvgIpc) is 3.19. The highest BCUT2D eigenvalue weighted by Crippen LogP contribution is 2.30. The Morgan fingerprint density at radius 1 is 1.31 bits per heavy atom. The van der Waals surface area contributed by atoms with Crippen molar-refractivity contribution < 1.29 is 17.5 Å². The fraction of sp³-hybridized carbons (Fsp3) is 0.389. The van der Waals surface area contributed by atoms with E-state index in [-0.39, 0.29) is 30.1 Å². The molecule has 9 nitrogen and oxygen atoms in total. The van der Waals surface area contributed by atoms with Crippen molar-refractivity contribution in [1.29, 1.82) is 0 Å². The normalized spacial score (nSPS) is 13.6. The van der Waals surface area contributed by atoms with Gasteiger partial charge in [-0.2, -0.15) is 14.4 Å². The van der Waals surface area contributed by atoms with E-state index in [1.165, 1.54) is 5.56 Å². The van der Waals surface area contributed by atoms with Crippen LogP contribution in [-0.4, -0.2) is 47.3 Å². The Balaban J connectivity index is 1.75. The maximum absolute atomic E-state index is 13.8. The number of imidazole rings is 1. The highest BCUT2D eigenvalue weighted by molar-refractivity contribution is 7.88. The Hall–Kier alpha value is -2.79. The molecule has 0 amide bonds. The monoisotopic (exact) mass is 420 g/mol. The fourth-order valence-electron chi connectivity index (χ4n) is 3.50. The standard InChI is InChI=1S/C18H21FN6O3S/c1-10-7-11-3-6-28-13(11)8-12(10)9-14-22-15-16(20)23-18(19)24-17(15)25(14)5-4-21-29(2,26)27/h7-8,21H,3-6,9H2,1-2H3,(H2,20,23,24). The number of sulfonamides is 1. The topological polar surface area (TPSA) is 125 Å². The smallest absolute Gasteiger partial charge is 0.312 e. The van der Waals surface area contributed by atoms with Gasteiger partial charge < -0.3 is 15.0 Å². The van der Waals surface area contributed by atoms with E-state index in [9.17, 15) is 12.8 Å². The molecular weight excluding hydrogens is 399 g/mol. The molecule has 0 aliphatic carbocycles. The van der Waals surface area contributed by atoms with E-state index in [0.29, 0.717) is 18.9 Å². The number of anilines is 1. The van der Waals surface area contributed by atoms with E-state index in [2.05, 4.69) is 25.7 Å². The van der Waals surface area contributed by atoms with Crippen molar-refractivity contribution in [3.8, 4) is 5.75 Å². The van der Waals surface area contributed by atoms with Gasteiger partial charge in [0.2, 0.25) is 10.0 Å². The van der Waals surface area contributed by atoms with Crippen LogP contribution < -0.4 is 15.2 Å². The molecule has 0 saturated heterocycles. The Morgan fingerprint density at radius 2 is 2.10 bits per heavy atom. The third-order valence-electron chi connectivity index (χ3n) is 4.87. The molecule has 0 saturated carbocycles. The number of nitrogens with one attached hydrogen (secondary N) is 1. The first kappa shape index (κ1) is 19.5. The molecule has 11 heteroatoms. The highest BCUT2D eigenvalue weighted by Gasteiger charge is 2.20. The van der Waals surface area contributed by atoms with Gasteiger partial charge in [-0.3, -0.25) is 0 Å². The van der Waals surface area contributed by atoms with E-state index in [1.54, 1.807) is 4.57 Å². The van der Waals surface area contributed by atoms with Crippen LogP contribution in [0.1, 0.15) is 22.5 Å². The van der Waals surface area contributed by atoms with Crippen molar-refractivity contribution in [1.82, 2.24) is 24.2 Å². The molecule has 2 aromatic heterocycles. The van der Waals surface area contributed by atoms with Crippen molar-refractivity contribution in [2.45, 2.75) is 26.3 Å². The van der Waals surface area contributed by atoms with Gasteiger partial charge in [-0.15, -0.1) is 0 Å². The highest BCUT2D eigenvalue weighted by atomic mass is 32.2. The number of nitrogen functional groups attached to an aromatic ring is 1. The van der Waals surface area contributed by atoms with E-state index in [1.807, 2.05) is 13.0 Å². The second-order valence-corrected chi connectivity index (χ2v) is 8.89. The summed E-state index contributed by atoms with van der Waals surface area (Å²) in [5.74, 6) is 1.39. The molecule has 0 unspecified atom stereocenters. The second kappa shape index (κ2) is 7.23. The predicted molar refractivity (Wildman–Crippen MR) is 106 cm³/mol. The van der Waals surface area contributed by atoms with Gasteiger partial charge in [0.05, 0.1) is 12.9 Å². The summed E-state index contributed by atoms with van der Waals surface area (Å²) in [6.07, 6.45) is 1.44. The minimum absolute atomic E-state index is 0.0578. The van der Waals surface area contributed by atoms with Crippen LogP contribution in [0, 0.1) is 13.0 Å². The van der Waals surface area contributed by atoms with E-state index in [0.717, 1.165) is 29.6 Å². The number of ether oxygens (including phenoxy) is 1. The van der Waals surface area contributed by atoms with Gasteiger partial charge in [-0.1, -0.05) is 6.07 Å². The minimum atomic E-state index is -3.36. The van der Waals surface area contributed by atoms with Crippen LogP contribution in [0.5, 0.6) is 5.75 Å². The summed E-state index contributed by atoms with van der Waals surface area (Å²) in [7, 11) is -3.36. The van der Waals surface area contributed by atoms with Crippen molar-refractivity contribution in [3.05, 3.63) is 40.7 Å². The summed E-state index contributed by atoms with van der Waals surface area (Å²) in [6, 6.07) is 4.09. The van der Waals surface area contributed by atoms with Crippen LogP contribution in [0.4, 0.5) is 10.2 Å². The minimum Gasteiger partial charge on any atom is -0.493 e. The first-order valence-corrected chi connectivity index (χ1v) is 11.0. The lowest BCUT2D eigenvalue weighted by Crippen LogP contribution is -2.26. The van der Waals surface area contributed by atoms with Crippen LogP contribution in [-0.2, 0) is 29.4 Å². The Kier molecular flexibility index (Phi) is 4.87. The van der Waals surface area contributed by atoms with Crippen molar-refractivity contribution in [3.63, 3.8) is 0 Å². The zero-order chi connectivity index (χ0) is 20.8. The number of nitrogens with zero attached hydrogens (tertiary/aromatic N) is 4. The zero-order valence-electron chi connectivity index (χ0n) is 16.1. The average molecular weight is 420 g/mol. The molecule has 29 heavy (non-hydrogen) atoms. The number of halogens is 1. The van der Waals surface area contributed by atoms with Crippen molar-refractivity contribution >= 4 is 27.0 Å². The van der Waals surface area contributed by atoms with Crippen LogP contribution >= 0.6 is 0 Å². The van der Waals surface area contributed by atoms with Gasteiger partial charge in [0.25, 0.3) is 0 Å². The molecule has 154 valence electrons. The molecule has 3 aromatic rings. The van der Waals surface area contributed by atoms with Gasteiger partial charge in [0.1, 0.15) is 11.6 Å². The molecule has 4 rings (SSSR count). The van der Waals surface area contributed by atoms with E-state index in [4.69, 9.17) is 10.5 Å². The molecule has 1 aromatic carbocycles. The Bertz CT molecular complexity index is 1210. The summed E-state index contributed by atoms with van der Waals surface area (Å²) >= 11 is 0. The third-order valence-corrected chi connectivity index (χ3v) is 5.60. The Labute approximate surface area is 167 Å². The lowest BCUT2D eigenvalue weighted by molar-refractivity contribution is 0.356. The fourth-order valence-corrected chi connectivity index (χ4v) is 3.97. The van der Waals surface area contributed by atoms with Crippen LogP contribution in [0.25, 0.3) is 11.2 Å². The maximum atomic E-state index is 13.8. The molecule has 1 aliphatic heterocycles. The summed E-state index contributed by atoms with van der Waals surface area (Å²) in [5.41, 5.74) is 9.63. The van der Waals surface area contributed by atoms with E-state index >= 15 is 0 Å². The first-order chi connectivity index (χ1) is 13.7. The molecule has 1 aliphatic rings. The lowest BCUT2D eigenvalue weighted by Gasteiger charge is -2.12. The molecule has 0 radical (unpaired) electrons. The summed E-state index contributed by atoms with van der Waals surface area (Å²) in [6.45, 7) is 3.00. The number of hydrogen-bond acceptors (Lipinski definition) is 7. The number of fused-ring (bicyclic) bond motifs is 2. The maximum Gasteiger partial charge on any atom is 0.312 e. The molecule has 0 bridgehead atoms. The number of aromatic nitrogens is 4. The van der Waals surface area contributed by atoms with E-state index < -0.39 is 16.1 Å². The zero-order valence-corrected chi connectivity index (χ0v) is 16.9. The van der Waals surface area contributed by atoms with Gasteiger partial charge in [-0.25, -0.2) is 18.1 Å². The molecule has 0 spiro atoms. The number of aryl methyl sites for hydroxylation is 1. The van der Waals surface area contributed by atoms with Crippen LogP contribution in [0.15, 0.2) is 12.1 Å². The first-order valence-electron chi connectivity index (χ1n) is 9.09. The number of nitrogens with two attached hydrogens (primary N) is 1. The predicted octanol–water partition coefficient (Wildman–Crippen LogP) is 0.931. The van der Waals surface area contributed by atoms with Gasteiger partial charge in [0, 0.05) is 25.9 Å². The largest absolute Gasteiger partial charge is 0.493 e. The van der Waals surface area contributed by atoms with Gasteiger partial charge in [0.15, 0.2) is 17.0 Å². The molecule has 0 fully saturated rings. The molecule has 3 heterocycles.